The molecule has 10 nitrogen and oxygen atoms in total. The van der Waals surface area contributed by atoms with E-state index in [-0.39, 0.29) is 16.4 Å². The summed E-state index contributed by atoms with van der Waals surface area (Å²) in [6.45, 7) is 2.47. The summed E-state index contributed by atoms with van der Waals surface area (Å²) in [6.07, 6.45) is 1.28. The number of non-ortho nitro benzene ring substituents is 1. The maximum atomic E-state index is 12.3. The number of thiocarbonyl (C=S) groups is 1. The number of carbonyl (C=O) groups excluding carboxylic acids is 2. The van der Waals surface area contributed by atoms with Crippen LogP contribution >= 0.6 is 35.6 Å². The highest BCUT2D eigenvalue weighted by molar-refractivity contribution is 7.99. The molecule has 2 amide bonds. The van der Waals surface area contributed by atoms with Gasteiger partial charge in [0.25, 0.3) is 17.5 Å². The third-order valence-electron chi connectivity index (χ3n) is 4.76. The highest BCUT2D eigenvalue weighted by atomic mass is 35.5. The van der Waals surface area contributed by atoms with Gasteiger partial charge in [0.1, 0.15) is 5.57 Å². The monoisotopic (exact) mass is 514 g/mol. The molecular formula is C21H15ClN6O4S2. The second-order valence-electron chi connectivity index (χ2n) is 6.94. The Kier molecular flexibility index (Phi) is 6.72. The second kappa shape index (κ2) is 9.71. The predicted octanol–water partition coefficient (Wildman–Crippen LogP) is 3.59. The fourth-order valence-corrected chi connectivity index (χ4v) is 4.56. The molecule has 1 fully saturated rings. The molecule has 0 aliphatic carbocycles. The number of halogens is 1. The van der Waals surface area contributed by atoms with E-state index < -0.39 is 16.7 Å². The maximum absolute atomic E-state index is 12.3. The van der Waals surface area contributed by atoms with Gasteiger partial charge in [-0.1, -0.05) is 23.7 Å². The maximum Gasteiger partial charge on any atom is 0.270 e. The van der Waals surface area contributed by atoms with Crippen molar-refractivity contribution in [1.29, 1.82) is 0 Å². The second-order valence-corrected chi connectivity index (χ2v) is 8.79. The van der Waals surface area contributed by atoms with E-state index in [4.69, 9.17) is 23.8 Å². The van der Waals surface area contributed by atoms with E-state index in [0.29, 0.717) is 33.0 Å². The van der Waals surface area contributed by atoms with Crippen molar-refractivity contribution < 1.29 is 14.5 Å². The molecule has 0 unspecified atom stereocenters. The number of nitro groups is 1. The van der Waals surface area contributed by atoms with Crippen LogP contribution in [0.5, 0.6) is 0 Å². The van der Waals surface area contributed by atoms with Crippen molar-refractivity contribution in [2.24, 2.45) is 0 Å². The Morgan fingerprint density at radius 2 is 1.91 bits per heavy atom. The molecule has 172 valence electrons. The van der Waals surface area contributed by atoms with Gasteiger partial charge in [0.2, 0.25) is 0 Å². The summed E-state index contributed by atoms with van der Waals surface area (Å²) in [6, 6.07) is 11.4. The van der Waals surface area contributed by atoms with Crippen molar-refractivity contribution in [3.05, 3.63) is 68.7 Å². The van der Waals surface area contributed by atoms with E-state index in [9.17, 15) is 19.7 Å². The first-order chi connectivity index (χ1) is 16.3. The van der Waals surface area contributed by atoms with Gasteiger partial charge in [-0.3, -0.25) is 30.3 Å². The number of amides is 2. The Hall–Kier alpha value is -3.61. The predicted molar refractivity (Wildman–Crippen MR) is 130 cm³/mol. The van der Waals surface area contributed by atoms with E-state index in [1.807, 2.05) is 23.6 Å². The molecular weight excluding hydrogens is 500 g/mol. The molecule has 1 aliphatic rings. The summed E-state index contributed by atoms with van der Waals surface area (Å²) in [5, 5.41) is 25.6. The van der Waals surface area contributed by atoms with Crippen molar-refractivity contribution in [1.82, 2.24) is 25.4 Å². The minimum Gasteiger partial charge on any atom is -0.302 e. The van der Waals surface area contributed by atoms with Gasteiger partial charge in [-0.05, 0) is 60.7 Å². The van der Waals surface area contributed by atoms with Gasteiger partial charge in [0.05, 0.1) is 4.92 Å². The van der Waals surface area contributed by atoms with Crippen LogP contribution in [0.15, 0.2) is 58.1 Å². The average molecular weight is 515 g/mol. The molecule has 0 radical (unpaired) electrons. The smallest absolute Gasteiger partial charge is 0.270 e. The van der Waals surface area contributed by atoms with Crippen molar-refractivity contribution in [2.75, 3.05) is 0 Å². The molecule has 0 atom stereocenters. The molecule has 0 saturated carbocycles. The van der Waals surface area contributed by atoms with Crippen molar-refractivity contribution in [2.45, 2.75) is 23.5 Å². The first kappa shape index (κ1) is 23.5. The molecule has 1 saturated heterocycles. The quantitative estimate of drug-likeness (QED) is 0.168. The van der Waals surface area contributed by atoms with Crippen LogP contribution in [0.4, 0.5) is 5.69 Å². The number of hydrogen-bond donors (Lipinski definition) is 2. The van der Waals surface area contributed by atoms with Crippen LogP contribution < -0.4 is 10.6 Å². The summed E-state index contributed by atoms with van der Waals surface area (Å²) in [5.74, 6) is -0.791. The van der Waals surface area contributed by atoms with Gasteiger partial charge in [-0.25, -0.2) is 0 Å². The molecule has 3 aromatic rings. The Labute approximate surface area is 207 Å². The zero-order valence-electron chi connectivity index (χ0n) is 17.4. The van der Waals surface area contributed by atoms with E-state index in [1.165, 1.54) is 36.0 Å². The van der Waals surface area contributed by atoms with Gasteiger partial charge in [-0.15, -0.1) is 10.2 Å². The number of carbonyl (C=O) groups is 2. The number of nitro benzene ring substituents is 1. The van der Waals surface area contributed by atoms with E-state index in [1.54, 1.807) is 12.1 Å². The lowest BCUT2D eigenvalue weighted by Crippen LogP contribution is -2.51. The van der Waals surface area contributed by atoms with Gasteiger partial charge < -0.3 is 4.57 Å². The molecule has 1 aromatic heterocycles. The molecule has 2 heterocycles. The molecule has 4 rings (SSSR count). The third-order valence-corrected chi connectivity index (χ3v) is 6.28. The van der Waals surface area contributed by atoms with Crippen LogP contribution in [-0.2, 0) is 16.1 Å². The van der Waals surface area contributed by atoms with Gasteiger partial charge >= 0.3 is 0 Å². The topological polar surface area (TPSA) is 132 Å². The lowest BCUT2D eigenvalue weighted by atomic mass is 10.1. The highest BCUT2D eigenvalue weighted by Crippen LogP contribution is 2.35. The SMILES string of the molecule is CCn1c(Sc2ccc([N+](=O)[O-])cc2C=C2C(=O)NC(=S)NC2=O)nnc1-c1cccc(Cl)c1. The van der Waals surface area contributed by atoms with E-state index >= 15 is 0 Å². The van der Waals surface area contributed by atoms with Crippen LogP contribution in [0.25, 0.3) is 17.5 Å². The van der Waals surface area contributed by atoms with Crippen LogP contribution in [-0.4, -0.2) is 36.6 Å². The van der Waals surface area contributed by atoms with Gasteiger partial charge in [0, 0.05) is 34.2 Å². The number of aromatic nitrogens is 3. The Balaban J connectivity index is 1.77. The molecule has 13 heteroatoms. The fourth-order valence-electron chi connectivity index (χ4n) is 3.21. The average Bonchev–Trinajstić information content (AvgIpc) is 3.19. The molecule has 2 aromatic carbocycles. The summed E-state index contributed by atoms with van der Waals surface area (Å²) in [7, 11) is 0. The first-order valence-electron chi connectivity index (χ1n) is 9.80. The first-order valence-corrected chi connectivity index (χ1v) is 11.4. The normalized spacial score (nSPS) is 13.5. The molecule has 34 heavy (non-hydrogen) atoms. The zero-order valence-corrected chi connectivity index (χ0v) is 19.8. The van der Waals surface area contributed by atoms with Gasteiger partial charge in [-0.2, -0.15) is 0 Å². The van der Waals surface area contributed by atoms with E-state index in [0.717, 1.165) is 5.56 Å². The summed E-state index contributed by atoms with van der Waals surface area (Å²) in [4.78, 5) is 35.9. The van der Waals surface area contributed by atoms with E-state index in [2.05, 4.69) is 20.8 Å². The minimum absolute atomic E-state index is 0.106. The van der Waals surface area contributed by atoms with Crippen molar-refractivity contribution in [3.63, 3.8) is 0 Å². The molecule has 0 bridgehead atoms. The van der Waals surface area contributed by atoms with Crippen molar-refractivity contribution in [3.8, 4) is 11.4 Å². The number of benzene rings is 2. The van der Waals surface area contributed by atoms with Crippen LogP contribution in [0, 0.1) is 10.1 Å². The number of nitrogens with zero attached hydrogens (tertiary/aromatic N) is 4. The lowest BCUT2D eigenvalue weighted by molar-refractivity contribution is -0.384. The van der Waals surface area contributed by atoms with Crippen LogP contribution in [0.2, 0.25) is 5.02 Å². The zero-order chi connectivity index (χ0) is 24.4. The Morgan fingerprint density at radius 3 is 2.56 bits per heavy atom. The van der Waals surface area contributed by atoms with Crippen LogP contribution in [0.1, 0.15) is 12.5 Å². The summed E-state index contributed by atoms with van der Waals surface area (Å²) < 4.78 is 1.87. The molecule has 0 spiro atoms. The Bertz CT molecular complexity index is 1370. The number of rotatable bonds is 6. The minimum atomic E-state index is -0.698. The number of hydrogen-bond acceptors (Lipinski definition) is 8. The largest absolute Gasteiger partial charge is 0.302 e. The van der Waals surface area contributed by atoms with Gasteiger partial charge in [0.15, 0.2) is 16.1 Å². The fraction of sp³-hybridized carbons (Fsp3) is 0.0952. The van der Waals surface area contributed by atoms with Crippen LogP contribution in [0.3, 0.4) is 0 Å². The summed E-state index contributed by atoms with van der Waals surface area (Å²) in [5.41, 5.74) is 0.654. The molecule has 1 aliphatic heterocycles. The third kappa shape index (κ3) is 4.83. The number of nitrogens with one attached hydrogen (secondary N) is 2. The Morgan fingerprint density at radius 1 is 1.18 bits per heavy atom. The van der Waals surface area contributed by atoms with Crippen molar-refractivity contribution >= 4 is 64.3 Å². The standard InChI is InChI=1S/C21H15ClN6O4S2/c1-2-27-17(11-4-3-5-13(22)8-11)25-26-21(27)34-16-7-6-14(28(31)32)9-12(16)10-15-18(29)23-20(33)24-19(15)30/h3-10H,2H2,1H3,(H2,23,24,29,30,33). The lowest BCUT2D eigenvalue weighted by Gasteiger charge is -2.16. The summed E-state index contributed by atoms with van der Waals surface area (Å²) >= 11 is 12.1. The highest BCUT2D eigenvalue weighted by Gasteiger charge is 2.27. The molecule has 2 N–H and O–H groups in total.